The highest BCUT2D eigenvalue weighted by molar-refractivity contribution is 7.17. The maximum atomic E-state index is 12.6. The average molecular weight is 479 g/mol. The van der Waals surface area contributed by atoms with Crippen molar-refractivity contribution in [2.24, 2.45) is 0 Å². The Balaban J connectivity index is 1.72. The van der Waals surface area contributed by atoms with Crippen LogP contribution in [-0.4, -0.2) is 32.4 Å². The van der Waals surface area contributed by atoms with Gasteiger partial charge in [0.15, 0.2) is 5.78 Å². The lowest BCUT2D eigenvalue weighted by molar-refractivity contribution is -0.384. The molecule has 0 aliphatic carbocycles. The number of carbonyl (C=O) groups is 3. The largest absolute Gasteiger partial charge is 0.317 e. The van der Waals surface area contributed by atoms with Gasteiger partial charge in [-0.1, -0.05) is 23.2 Å². The third-order valence-corrected chi connectivity index (χ3v) is 5.85. The van der Waals surface area contributed by atoms with Crippen LogP contribution in [0.4, 0.5) is 11.4 Å². The van der Waals surface area contributed by atoms with Gasteiger partial charge in [0.05, 0.1) is 37.6 Å². The van der Waals surface area contributed by atoms with Gasteiger partial charge in [0.2, 0.25) is 5.78 Å². The Kier molecular flexibility index (Phi) is 6.74. The van der Waals surface area contributed by atoms with Crippen molar-refractivity contribution in [1.82, 2.24) is 9.97 Å². The molecule has 1 amide bonds. The summed E-state index contributed by atoms with van der Waals surface area (Å²) in [7, 11) is 0. The molecule has 9 nitrogen and oxygen atoms in total. The van der Waals surface area contributed by atoms with Crippen molar-refractivity contribution in [1.29, 1.82) is 0 Å². The molecule has 12 heteroatoms. The molecule has 0 saturated heterocycles. The number of pyridine rings is 1. The van der Waals surface area contributed by atoms with Crippen LogP contribution in [0.15, 0.2) is 36.7 Å². The van der Waals surface area contributed by atoms with Gasteiger partial charge in [-0.2, -0.15) is 0 Å². The standard InChI is InChI=1S/C19H12Cl2N4O5S/c1-9-17(31-19(23-9)10-3-2-4-22-8-10)14(26)7-15(27)18(28)24-16-12(20)5-11(25(29)30)6-13(16)21/h2-6,8H,7H2,1H3,(H,24,28). The number of aryl methyl sites for hydroxylation is 1. The Morgan fingerprint density at radius 1 is 1.23 bits per heavy atom. The number of nitro benzene ring substituents is 1. The number of thiazole rings is 1. The molecule has 0 fully saturated rings. The number of hydrogen-bond acceptors (Lipinski definition) is 8. The SMILES string of the molecule is Cc1nc(-c2cccnc2)sc1C(=O)CC(=O)C(=O)Nc1c(Cl)cc([N+](=O)[O-])cc1Cl. The number of nitrogens with zero attached hydrogens (tertiary/aromatic N) is 3. The van der Waals surface area contributed by atoms with E-state index >= 15 is 0 Å². The zero-order valence-electron chi connectivity index (χ0n) is 15.7. The molecule has 3 aromatic rings. The van der Waals surface area contributed by atoms with Gasteiger partial charge in [0, 0.05) is 30.1 Å². The summed E-state index contributed by atoms with van der Waals surface area (Å²) in [5, 5.41) is 13.2. The number of benzene rings is 1. The minimum Gasteiger partial charge on any atom is -0.317 e. The first-order valence-electron chi connectivity index (χ1n) is 8.56. The highest BCUT2D eigenvalue weighted by Gasteiger charge is 2.25. The first-order chi connectivity index (χ1) is 14.7. The first kappa shape index (κ1) is 22.5. The van der Waals surface area contributed by atoms with Crippen molar-refractivity contribution < 1.29 is 19.3 Å². The molecule has 0 bridgehead atoms. The van der Waals surface area contributed by atoms with Gasteiger partial charge in [-0.05, 0) is 19.1 Å². The van der Waals surface area contributed by atoms with Gasteiger partial charge in [-0.25, -0.2) is 4.98 Å². The lowest BCUT2D eigenvalue weighted by Gasteiger charge is -2.08. The maximum Gasteiger partial charge on any atom is 0.292 e. The third kappa shape index (κ3) is 5.10. The zero-order chi connectivity index (χ0) is 22.7. The molecule has 0 atom stereocenters. The molecule has 3 rings (SSSR count). The Hall–Kier alpha value is -3.21. The summed E-state index contributed by atoms with van der Waals surface area (Å²) < 4.78 is 0. The van der Waals surface area contributed by atoms with E-state index in [4.69, 9.17) is 23.2 Å². The van der Waals surface area contributed by atoms with Crippen LogP contribution in [0.2, 0.25) is 10.0 Å². The van der Waals surface area contributed by atoms with Crippen molar-refractivity contribution in [2.75, 3.05) is 5.32 Å². The minimum absolute atomic E-state index is 0.160. The van der Waals surface area contributed by atoms with E-state index in [2.05, 4.69) is 15.3 Å². The molecule has 1 N–H and O–H groups in total. The molecule has 0 aliphatic heterocycles. The summed E-state index contributed by atoms with van der Waals surface area (Å²) in [5.41, 5.74) is 0.622. The predicted octanol–water partition coefficient (Wildman–Crippen LogP) is 4.51. The second kappa shape index (κ2) is 9.29. The Labute approximate surface area is 189 Å². The van der Waals surface area contributed by atoms with Crippen LogP contribution in [0.1, 0.15) is 21.8 Å². The van der Waals surface area contributed by atoms with Crippen LogP contribution in [0, 0.1) is 17.0 Å². The van der Waals surface area contributed by atoms with Crippen molar-refractivity contribution in [3.05, 3.63) is 67.4 Å². The van der Waals surface area contributed by atoms with Gasteiger partial charge in [0.1, 0.15) is 5.01 Å². The van der Waals surface area contributed by atoms with Crippen LogP contribution in [-0.2, 0) is 9.59 Å². The highest BCUT2D eigenvalue weighted by atomic mass is 35.5. The Morgan fingerprint density at radius 2 is 1.90 bits per heavy atom. The van der Waals surface area contributed by atoms with E-state index in [0.29, 0.717) is 10.7 Å². The number of non-ortho nitro benzene ring substituents is 1. The van der Waals surface area contributed by atoms with Gasteiger partial charge >= 0.3 is 0 Å². The van der Waals surface area contributed by atoms with E-state index in [-0.39, 0.29) is 26.3 Å². The number of rotatable bonds is 7. The van der Waals surface area contributed by atoms with Crippen LogP contribution in [0.25, 0.3) is 10.6 Å². The topological polar surface area (TPSA) is 132 Å². The summed E-state index contributed by atoms with van der Waals surface area (Å²) in [4.78, 5) is 55.8. The normalized spacial score (nSPS) is 10.5. The van der Waals surface area contributed by atoms with E-state index < -0.39 is 28.8 Å². The van der Waals surface area contributed by atoms with Gasteiger partial charge < -0.3 is 5.32 Å². The van der Waals surface area contributed by atoms with Gasteiger partial charge in [-0.3, -0.25) is 29.5 Å². The first-order valence-corrected chi connectivity index (χ1v) is 10.1. The number of anilines is 1. The molecule has 0 radical (unpaired) electrons. The number of Topliss-reactive ketones (excluding diaryl/α,β-unsaturated/α-hetero) is 2. The smallest absolute Gasteiger partial charge is 0.292 e. The summed E-state index contributed by atoms with van der Waals surface area (Å²) >= 11 is 12.9. The van der Waals surface area contributed by atoms with E-state index in [1.165, 1.54) is 0 Å². The lowest BCUT2D eigenvalue weighted by Crippen LogP contribution is -2.25. The number of halogens is 2. The monoisotopic (exact) mass is 478 g/mol. The molecular weight excluding hydrogens is 467 g/mol. The molecule has 0 saturated carbocycles. The summed E-state index contributed by atoms with van der Waals surface area (Å²) in [6, 6.07) is 5.49. The second-order valence-corrected chi connectivity index (χ2v) is 8.01. The number of aromatic nitrogens is 2. The van der Waals surface area contributed by atoms with E-state index in [1.54, 1.807) is 31.5 Å². The quantitative estimate of drug-likeness (QED) is 0.173. The molecule has 31 heavy (non-hydrogen) atoms. The number of nitrogens with one attached hydrogen (secondary N) is 1. The number of ketones is 2. The van der Waals surface area contributed by atoms with E-state index in [0.717, 1.165) is 29.0 Å². The molecule has 2 aromatic heterocycles. The molecule has 0 unspecified atom stereocenters. The van der Waals surface area contributed by atoms with Crippen LogP contribution in [0.5, 0.6) is 0 Å². The minimum atomic E-state index is -1.12. The number of carbonyl (C=O) groups excluding carboxylic acids is 3. The molecule has 1 aromatic carbocycles. The fraction of sp³-hybridized carbons (Fsp3) is 0.105. The average Bonchev–Trinajstić information content (AvgIpc) is 3.12. The van der Waals surface area contributed by atoms with Crippen molar-refractivity contribution in [3.8, 4) is 10.6 Å². The molecule has 158 valence electrons. The third-order valence-electron chi connectivity index (χ3n) is 4.01. The van der Waals surface area contributed by atoms with E-state index in [1.807, 2.05) is 0 Å². The van der Waals surface area contributed by atoms with Crippen molar-refractivity contribution in [2.45, 2.75) is 13.3 Å². The fourth-order valence-electron chi connectivity index (χ4n) is 2.54. The summed E-state index contributed by atoms with van der Waals surface area (Å²) in [6.45, 7) is 1.63. The Bertz CT molecular complexity index is 1190. The summed E-state index contributed by atoms with van der Waals surface area (Å²) in [6.07, 6.45) is 2.52. The second-order valence-electron chi connectivity index (χ2n) is 6.19. The lowest BCUT2D eigenvalue weighted by atomic mass is 10.1. The number of nitro groups is 1. The molecule has 0 spiro atoms. The highest BCUT2D eigenvalue weighted by Crippen LogP contribution is 2.35. The molecule has 0 aliphatic rings. The van der Waals surface area contributed by atoms with Gasteiger partial charge in [-0.15, -0.1) is 11.3 Å². The van der Waals surface area contributed by atoms with Gasteiger partial charge in [0.25, 0.3) is 11.6 Å². The Morgan fingerprint density at radius 3 is 2.48 bits per heavy atom. The van der Waals surface area contributed by atoms with Crippen molar-refractivity contribution in [3.63, 3.8) is 0 Å². The molecular formula is C19H12Cl2N4O5S. The predicted molar refractivity (Wildman–Crippen MR) is 116 cm³/mol. The van der Waals surface area contributed by atoms with Crippen LogP contribution in [0.3, 0.4) is 0 Å². The van der Waals surface area contributed by atoms with Crippen LogP contribution < -0.4 is 5.32 Å². The van der Waals surface area contributed by atoms with Crippen LogP contribution >= 0.6 is 34.5 Å². The van der Waals surface area contributed by atoms with E-state index in [9.17, 15) is 24.5 Å². The maximum absolute atomic E-state index is 12.6. The number of amides is 1. The zero-order valence-corrected chi connectivity index (χ0v) is 18.0. The molecule has 2 heterocycles. The fourth-order valence-corrected chi connectivity index (χ4v) is 4.11. The van der Waals surface area contributed by atoms with Crippen molar-refractivity contribution >= 4 is 63.4 Å². The number of hydrogen-bond donors (Lipinski definition) is 1. The summed E-state index contributed by atoms with van der Waals surface area (Å²) in [5.74, 6) is -2.71.